The van der Waals surface area contributed by atoms with Crippen LogP contribution < -0.4 is 10.6 Å². The molecule has 0 spiro atoms. The minimum absolute atomic E-state index is 0.0511. The molecule has 0 aliphatic carbocycles. The highest BCUT2D eigenvalue weighted by molar-refractivity contribution is 6.03. The predicted octanol–water partition coefficient (Wildman–Crippen LogP) is 2.83. The van der Waals surface area contributed by atoms with Gasteiger partial charge in [0.2, 0.25) is 5.91 Å². The van der Waals surface area contributed by atoms with E-state index < -0.39 is 0 Å². The van der Waals surface area contributed by atoms with Crippen molar-refractivity contribution in [3.8, 4) is 0 Å². The second kappa shape index (κ2) is 6.21. The van der Waals surface area contributed by atoms with Crippen molar-refractivity contribution in [1.82, 2.24) is 5.16 Å². The Morgan fingerprint density at radius 1 is 1.10 bits per heavy atom. The van der Waals surface area contributed by atoms with Gasteiger partial charge in [-0.15, -0.1) is 0 Å². The van der Waals surface area contributed by atoms with E-state index in [4.69, 9.17) is 4.52 Å². The van der Waals surface area contributed by atoms with E-state index in [1.165, 1.54) is 0 Å². The number of amides is 2. The third-order valence-electron chi connectivity index (χ3n) is 2.80. The largest absolute Gasteiger partial charge is 0.361 e. The molecule has 21 heavy (non-hydrogen) atoms. The summed E-state index contributed by atoms with van der Waals surface area (Å²) in [4.78, 5) is 23.4. The fourth-order valence-electron chi connectivity index (χ4n) is 1.59. The molecule has 0 saturated carbocycles. The zero-order chi connectivity index (χ0) is 15.4. The van der Waals surface area contributed by atoms with Crippen LogP contribution in [-0.4, -0.2) is 17.0 Å². The summed E-state index contributed by atoms with van der Waals surface area (Å²) in [5.41, 5.74) is 1.52. The quantitative estimate of drug-likeness (QED) is 0.905. The van der Waals surface area contributed by atoms with E-state index in [-0.39, 0.29) is 23.4 Å². The van der Waals surface area contributed by atoms with Crippen molar-refractivity contribution in [3.05, 3.63) is 41.8 Å². The summed E-state index contributed by atoms with van der Waals surface area (Å²) >= 11 is 0. The molecular formula is C15H17N3O3. The lowest BCUT2D eigenvalue weighted by atomic mass is 10.2. The molecule has 6 nitrogen and oxygen atoms in total. The molecule has 1 heterocycles. The number of rotatable bonds is 4. The van der Waals surface area contributed by atoms with Gasteiger partial charge in [0.15, 0.2) is 5.69 Å². The van der Waals surface area contributed by atoms with Crippen LogP contribution in [0.5, 0.6) is 0 Å². The predicted molar refractivity (Wildman–Crippen MR) is 79.1 cm³/mol. The molecule has 2 rings (SSSR count). The Morgan fingerprint density at radius 2 is 1.67 bits per heavy atom. The van der Waals surface area contributed by atoms with Gasteiger partial charge in [0.1, 0.15) is 5.76 Å². The number of hydrogen-bond acceptors (Lipinski definition) is 4. The molecule has 0 unspecified atom stereocenters. The minimum Gasteiger partial charge on any atom is -0.361 e. The second-order valence-corrected chi connectivity index (χ2v) is 5.00. The second-order valence-electron chi connectivity index (χ2n) is 5.00. The zero-order valence-electron chi connectivity index (χ0n) is 12.1. The van der Waals surface area contributed by atoms with Crippen molar-refractivity contribution in [3.63, 3.8) is 0 Å². The average Bonchev–Trinajstić information content (AvgIpc) is 2.87. The van der Waals surface area contributed by atoms with Crippen molar-refractivity contribution >= 4 is 23.2 Å². The van der Waals surface area contributed by atoms with Crippen LogP contribution >= 0.6 is 0 Å². The molecule has 0 aliphatic heterocycles. The summed E-state index contributed by atoms with van der Waals surface area (Å²) in [7, 11) is 0. The number of aromatic nitrogens is 1. The Hall–Kier alpha value is -2.63. The Labute approximate surface area is 122 Å². The summed E-state index contributed by atoms with van der Waals surface area (Å²) in [5.74, 6) is 0.0994. The summed E-state index contributed by atoms with van der Waals surface area (Å²) in [6.45, 7) is 5.36. The zero-order valence-corrected chi connectivity index (χ0v) is 12.1. The number of nitrogens with one attached hydrogen (secondary N) is 2. The minimum atomic E-state index is -0.342. The number of benzene rings is 1. The maximum atomic E-state index is 11.9. The first-order chi connectivity index (χ1) is 9.95. The van der Waals surface area contributed by atoms with Gasteiger partial charge in [-0.3, -0.25) is 9.59 Å². The van der Waals surface area contributed by atoms with E-state index in [1.807, 2.05) is 13.8 Å². The van der Waals surface area contributed by atoms with Crippen molar-refractivity contribution in [1.29, 1.82) is 0 Å². The molecule has 2 amide bonds. The van der Waals surface area contributed by atoms with Gasteiger partial charge in [-0.1, -0.05) is 19.0 Å². The van der Waals surface area contributed by atoms with Crippen LogP contribution in [-0.2, 0) is 4.79 Å². The lowest BCUT2D eigenvalue weighted by Gasteiger charge is -2.08. The van der Waals surface area contributed by atoms with E-state index in [1.54, 1.807) is 37.3 Å². The maximum absolute atomic E-state index is 11.9. The van der Waals surface area contributed by atoms with Crippen LogP contribution in [0, 0.1) is 12.8 Å². The highest BCUT2D eigenvalue weighted by atomic mass is 16.5. The lowest BCUT2D eigenvalue weighted by Crippen LogP contribution is -2.17. The van der Waals surface area contributed by atoms with Crippen LogP contribution in [0.2, 0.25) is 0 Å². The summed E-state index contributed by atoms with van der Waals surface area (Å²) in [5, 5.41) is 9.12. The monoisotopic (exact) mass is 287 g/mol. The Bertz CT molecular complexity index is 644. The SMILES string of the molecule is Cc1cc(C(=O)Nc2ccc(NC(=O)C(C)C)cc2)no1. The molecule has 0 aliphatic rings. The standard InChI is InChI=1S/C15H17N3O3/c1-9(2)14(19)16-11-4-6-12(7-5-11)17-15(20)13-8-10(3)21-18-13/h4-9H,1-3H3,(H,16,19)(H,17,20). The number of aryl methyl sites for hydroxylation is 1. The molecule has 0 bridgehead atoms. The Kier molecular flexibility index (Phi) is 4.37. The summed E-state index contributed by atoms with van der Waals surface area (Å²) in [6.07, 6.45) is 0. The topological polar surface area (TPSA) is 84.2 Å². The smallest absolute Gasteiger partial charge is 0.277 e. The van der Waals surface area contributed by atoms with Crippen LogP contribution in [0.1, 0.15) is 30.1 Å². The number of nitrogens with zero attached hydrogens (tertiary/aromatic N) is 1. The van der Waals surface area contributed by atoms with Gasteiger partial charge in [-0.2, -0.15) is 0 Å². The fraction of sp³-hybridized carbons (Fsp3) is 0.267. The van der Waals surface area contributed by atoms with Crippen molar-refractivity contribution in [2.45, 2.75) is 20.8 Å². The third-order valence-corrected chi connectivity index (χ3v) is 2.80. The van der Waals surface area contributed by atoms with E-state index >= 15 is 0 Å². The molecule has 110 valence electrons. The highest BCUT2D eigenvalue weighted by Crippen LogP contribution is 2.15. The van der Waals surface area contributed by atoms with Gasteiger partial charge in [-0.25, -0.2) is 0 Å². The van der Waals surface area contributed by atoms with Gasteiger partial charge in [0.05, 0.1) is 0 Å². The first-order valence-electron chi connectivity index (χ1n) is 6.61. The van der Waals surface area contributed by atoms with Gasteiger partial charge in [-0.05, 0) is 31.2 Å². The number of hydrogen-bond donors (Lipinski definition) is 2. The average molecular weight is 287 g/mol. The third kappa shape index (κ3) is 3.92. The van der Waals surface area contributed by atoms with Crippen molar-refractivity contribution in [2.75, 3.05) is 10.6 Å². The van der Waals surface area contributed by atoms with E-state index in [9.17, 15) is 9.59 Å². The van der Waals surface area contributed by atoms with Crippen LogP contribution in [0.25, 0.3) is 0 Å². The molecule has 1 aromatic heterocycles. The first-order valence-corrected chi connectivity index (χ1v) is 6.61. The molecule has 1 aromatic carbocycles. The summed E-state index contributed by atoms with van der Waals surface area (Å²) < 4.78 is 4.85. The number of carbonyl (C=O) groups excluding carboxylic acids is 2. The Balaban J connectivity index is 1.99. The maximum Gasteiger partial charge on any atom is 0.277 e. The Morgan fingerprint density at radius 3 is 2.14 bits per heavy atom. The van der Waals surface area contributed by atoms with E-state index in [2.05, 4.69) is 15.8 Å². The van der Waals surface area contributed by atoms with E-state index in [0.29, 0.717) is 17.1 Å². The molecule has 0 radical (unpaired) electrons. The van der Waals surface area contributed by atoms with Gasteiger partial charge in [0.25, 0.3) is 5.91 Å². The van der Waals surface area contributed by atoms with Gasteiger partial charge in [0, 0.05) is 23.4 Å². The van der Waals surface area contributed by atoms with E-state index in [0.717, 1.165) is 0 Å². The number of anilines is 2. The summed E-state index contributed by atoms with van der Waals surface area (Å²) in [6, 6.07) is 8.43. The molecular weight excluding hydrogens is 270 g/mol. The normalized spacial score (nSPS) is 10.5. The lowest BCUT2D eigenvalue weighted by molar-refractivity contribution is -0.118. The van der Waals surface area contributed by atoms with Crippen LogP contribution in [0.3, 0.4) is 0 Å². The fourth-order valence-corrected chi connectivity index (χ4v) is 1.59. The van der Waals surface area contributed by atoms with Crippen LogP contribution in [0.4, 0.5) is 11.4 Å². The van der Waals surface area contributed by atoms with Crippen molar-refractivity contribution in [2.24, 2.45) is 5.92 Å². The molecule has 6 heteroatoms. The molecule has 0 saturated heterocycles. The highest BCUT2D eigenvalue weighted by Gasteiger charge is 2.11. The first kappa shape index (κ1) is 14.8. The van der Waals surface area contributed by atoms with Gasteiger partial charge < -0.3 is 15.2 Å². The molecule has 0 fully saturated rings. The van der Waals surface area contributed by atoms with Crippen LogP contribution in [0.15, 0.2) is 34.9 Å². The number of carbonyl (C=O) groups is 2. The van der Waals surface area contributed by atoms with Crippen molar-refractivity contribution < 1.29 is 14.1 Å². The molecule has 2 N–H and O–H groups in total. The molecule has 0 atom stereocenters. The molecule has 2 aromatic rings. The van der Waals surface area contributed by atoms with Gasteiger partial charge >= 0.3 is 0 Å².